The first-order valence-corrected chi connectivity index (χ1v) is 7.31. The summed E-state index contributed by atoms with van der Waals surface area (Å²) in [6.07, 6.45) is 1.68. The molecule has 7 nitrogen and oxygen atoms in total. The minimum Gasteiger partial charge on any atom is -0.444 e. The molecule has 0 aliphatic carbocycles. The predicted molar refractivity (Wildman–Crippen MR) is 81.2 cm³/mol. The normalized spacial score (nSPS) is 15.4. The first-order valence-electron chi connectivity index (χ1n) is 7.31. The summed E-state index contributed by atoms with van der Waals surface area (Å²) in [7, 11) is 0. The van der Waals surface area contributed by atoms with Gasteiger partial charge in [0.2, 0.25) is 5.91 Å². The Kier molecular flexibility index (Phi) is 6.45. The number of hydrogen-bond donors (Lipinski definition) is 2. The number of rotatable bonds is 5. The maximum atomic E-state index is 12.0. The van der Waals surface area contributed by atoms with Gasteiger partial charge in [-0.3, -0.25) is 14.7 Å². The molecule has 0 unspecified atom stereocenters. The average molecular weight is 298 g/mol. The van der Waals surface area contributed by atoms with Crippen LogP contribution in [0.15, 0.2) is 4.99 Å². The van der Waals surface area contributed by atoms with Crippen molar-refractivity contribution in [3.8, 4) is 0 Å². The molecule has 2 amide bonds. The van der Waals surface area contributed by atoms with Gasteiger partial charge >= 0.3 is 6.09 Å². The third-order valence-electron chi connectivity index (χ3n) is 2.84. The quantitative estimate of drug-likeness (QED) is 0.736. The van der Waals surface area contributed by atoms with Gasteiger partial charge in [-0.1, -0.05) is 0 Å². The van der Waals surface area contributed by atoms with Crippen molar-refractivity contribution in [1.82, 2.24) is 10.2 Å². The summed E-state index contributed by atoms with van der Waals surface area (Å²) in [5.41, 5.74) is 4.59. The summed E-state index contributed by atoms with van der Waals surface area (Å²) in [5, 5.41) is 3.19. The van der Waals surface area contributed by atoms with Crippen LogP contribution in [-0.2, 0) is 9.53 Å². The number of carbonyl (C=O) groups is 2. The molecule has 1 heterocycles. The van der Waals surface area contributed by atoms with Gasteiger partial charge < -0.3 is 15.8 Å². The topological polar surface area (TPSA) is 97.0 Å². The fourth-order valence-electron chi connectivity index (χ4n) is 1.87. The van der Waals surface area contributed by atoms with Gasteiger partial charge in [-0.25, -0.2) is 4.79 Å². The minimum atomic E-state index is -0.492. The van der Waals surface area contributed by atoms with Gasteiger partial charge in [-0.2, -0.15) is 0 Å². The zero-order valence-corrected chi connectivity index (χ0v) is 13.1. The molecule has 21 heavy (non-hydrogen) atoms. The lowest BCUT2D eigenvalue weighted by molar-refractivity contribution is -0.118. The highest BCUT2D eigenvalue weighted by molar-refractivity contribution is 5.87. The molecule has 0 aromatic heterocycles. The molecule has 0 aromatic rings. The second-order valence-electron chi connectivity index (χ2n) is 6.08. The zero-order chi connectivity index (χ0) is 15.9. The van der Waals surface area contributed by atoms with Gasteiger partial charge in [0.1, 0.15) is 11.4 Å². The van der Waals surface area contributed by atoms with E-state index in [0.29, 0.717) is 32.6 Å². The lowest BCUT2D eigenvalue weighted by Gasteiger charge is -2.29. The molecule has 1 aliphatic heterocycles. The number of aliphatic imine (C=N–C) groups is 1. The predicted octanol–water partition coefficient (Wildman–Crippen LogP) is 0.881. The number of ether oxygens (including phenoxy) is 1. The standard InChI is InChI=1S/C14H26N4O3/c1-14(2,3)21-13(20)18-9-8-17-12(10-18)16-7-5-4-6-11(15)19/h4-10H2,1-3H3,(H2,15,19)(H,16,17). The molecule has 3 N–H and O–H groups in total. The third-order valence-corrected chi connectivity index (χ3v) is 2.84. The Morgan fingerprint density at radius 3 is 2.71 bits per heavy atom. The molecule has 0 atom stereocenters. The molecule has 0 aromatic carbocycles. The first-order chi connectivity index (χ1) is 9.78. The second-order valence-corrected chi connectivity index (χ2v) is 6.08. The number of carbonyl (C=O) groups excluding carboxylic acids is 2. The van der Waals surface area contributed by atoms with Crippen LogP contribution in [0.3, 0.4) is 0 Å². The van der Waals surface area contributed by atoms with E-state index >= 15 is 0 Å². The third kappa shape index (κ3) is 7.53. The fourth-order valence-corrected chi connectivity index (χ4v) is 1.87. The lowest BCUT2D eigenvalue weighted by Crippen LogP contribution is -2.47. The molecular formula is C14H26N4O3. The van der Waals surface area contributed by atoms with E-state index < -0.39 is 5.60 Å². The molecule has 0 saturated carbocycles. The van der Waals surface area contributed by atoms with Gasteiger partial charge in [-0.05, 0) is 33.6 Å². The van der Waals surface area contributed by atoms with Crippen molar-refractivity contribution in [1.29, 1.82) is 0 Å². The smallest absolute Gasteiger partial charge is 0.410 e. The Hall–Kier alpha value is -1.79. The average Bonchev–Trinajstić information content (AvgIpc) is 2.36. The van der Waals surface area contributed by atoms with Crippen molar-refractivity contribution >= 4 is 17.8 Å². The summed E-state index contributed by atoms with van der Waals surface area (Å²) in [4.78, 5) is 28.6. The highest BCUT2D eigenvalue weighted by Crippen LogP contribution is 2.10. The molecule has 0 bridgehead atoms. The van der Waals surface area contributed by atoms with E-state index in [4.69, 9.17) is 10.5 Å². The zero-order valence-electron chi connectivity index (χ0n) is 13.1. The fraction of sp³-hybridized carbons (Fsp3) is 0.786. The lowest BCUT2D eigenvalue weighted by atomic mass is 10.2. The van der Waals surface area contributed by atoms with Crippen molar-refractivity contribution in [3.63, 3.8) is 0 Å². The summed E-state index contributed by atoms with van der Waals surface area (Å²) in [6.45, 7) is 7.84. The molecule has 0 saturated heterocycles. The molecule has 120 valence electrons. The number of unbranched alkanes of at least 4 members (excludes halogenated alkanes) is 1. The Morgan fingerprint density at radius 1 is 1.38 bits per heavy atom. The highest BCUT2D eigenvalue weighted by atomic mass is 16.6. The van der Waals surface area contributed by atoms with Gasteiger partial charge in [0, 0.05) is 19.5 Å². The van der Waals surface area contributed by atoms with E-state index in [0.717, 1.165) is 18.7 Å². The molecule has 7 heteroatoms. The number of amidine groups is 1. The molecule has 0 spiro atoms. The molecule has 1 aliphatic rings. The summed E-state index contributed by atoms with van der Waals surface area (Å²) < 4.78 is 5.35. The SMILES string of the molecule is CC(C)(C)OC(=O)N1CCN=C(NCCCCC(N)=O)C1. The van der Waals surface area contributed by atoms with E-state index in [1.165, 1.54) is 0 Å². The van der Waals surface area contributed by atoms with Gasteiger partial charge in [0.25, 0.3) is 0 Å². The van der Waals surface area contributed by atoms with Crippen LogP contribution < -0.4 is 11.1 Å². The number of hydrogen-bond acceptors (Lipinski definition) is 5. The van der Waals surface area contributed by atoms with Crippen LogP contribution in [0.4, 0.5) is 4.79 Å². The Bertz CT molecular complexity index is 402. The number of nitrogens with zero attached hydrogens (tertiary/aromatic N) is 2. The van der Waals surface area contributed by atoms with Crippen LogP contribution in [0.2, 0.25) is 0 Å². The number of nitrogens with one attached hydrogen (secondary N) is 1. The first kappa shape index (κ1) is 17.3. The van der Waals surface area contributed by atoms with Crippen LogP contribution in [-0.4, -0.2) is 54.5 Å². The Balaban J connectivity index is 2.30. The van der Waals surface area contributed by atoms with Crippen molar-refractivity contribution in [2.45, 2.75) is 45.6 Å². The minimum absolute atomic E-state index is 0.277. The van der Waals surface area contributed by atoms with Crippen molar-refractivity contribution in [3.05, 3.63) is 0 Å². The molecule has 0 fully saturated rings. The van der Waals surface area contributed by atoms with Crippen LogP contribution in [0.5, 0.6) is 0 Å². The van der Waals surface area contributed by atoms with Gasteiger partial charge in [0.05, 0.1) is 13.1 Å². The summed E-state index contributed by atoms with van der Waals surface area (Å²) >= 11 is 0. The second kappa shape index (κ2) is 7.85. The summed E-state index contributed by atoms with van der Waals surface area (Å²) in [5.74, 6) is 0.507. The largest absolute Gasteiger partial charge is 0.444 e. The van der Waals surface area contributed by atoms with Crippen molar-refractivity contribution in [2.24, 2.45) is 10.7 Å². The van der Waals surface area contributed by atoms with Crippen molar-refractivity contribution in [2.75, 3.05) is 26.2 Å². The molecular weight excluding hydrogens is 272 g/mol. The van der Waals surface area contributed by atoms with E-state index in [1.807, 2.05) is 20.8 Å². The van der Waals surface area contributed by atoms with E-state index in [9.17, 15) is 9.59 Å². The van der Waals surface area contributed by atoms with Crippen LogP contribution in [0.1, 0.15) is 40.0 Å². The number of amides is 2. The molecule has 1 rings (SSSR count). The van der Waals surface area contributed by atoms with Gasteiger partial charge in [-0.15, -0.1) is 0 Å². The monoisotopic (exact) mass is 298 g/mol. The number of nitrogens with two attached hydrogens (primary N) is 1. The maximum Gasteiger partial charge on any atom is 0.410 e. The highest BCUT2D eigenvalue weighted by Gasteiger charge is 2.24. The Morgan fingerprint density at radius 2 is 2.10 bits per heavy atom. The maximum absolute atomic E-state index is 12.0. The summed E-state index contributed by atoms with van der Waals surface area (Å²) in [6, 6.07) is 0. The van der Waals surface area contributed by atoms with E-state index in [2.05, 4.69) is 10.3 Å². The molecule has 0 radical (unpaired) electrons. The van der Waals surface area contributed by atoms with Crippen molar-refractivity contribution < 1.29 is 14.3 Å². The van der Waals surface area contributed by atoms with Crippen LogP contribution in [0.25, 0.3) is 0 Å². The van der Waals surface area contributed by atoms with Crippen LogP contribution in [0, 0.1) is 0 Å². The van der Waals surface area contributed by atoms with E-state index in [-0.39, 0.29) is 12.0 Å². The Labute approximate surface area is 125 Å². The van der Waals surface area contributed by atoms with Gasteiger partial charge in [0.15, 0.2) is 0 Å². The van der Waals surface area contributed by atoms with Crippen LogP contribution >= 0.6 is 0 Å². The van der Waals surface area contributed by atoms with E-state index in [1.54, 1.807) is 4.90 Å². The number of primary amides is 1.